The molecule has 1 aromatic rings. The molecule has 1 saturated heterocycles. The fourth-order valence-corrected chi connectivity index (χ4v) is 2.90. The van der Waals surface area contributed by atoms with Gasteiger partial charge in [-0.05, 0) is 43.4 Å². The van der Waals surface area contributed by atoms with E-state index < -0.39 is 0 Å². The van der Waals surface area contributed by atoms with Crippen LogP contribution in [0.3, 0.4) is 0 Å². The van der Waals surface area contributed by atoms with Crippen LogP contribution in [0.2, 0.25) is 0 Å². The topological polar surface area (TPSA) is 76.1 Å². The fraction of sp³-hybridized carbons (Fsp3) is 0.769. The molecule has 0 aromatic carbocycles. The van der Waals surface area contributed by atoms with Crippen LogP contribution in [0.5, 0.6) is 0 Å². The van der Waals surface area contributed by atoms with E-state index in [1.165, 1.54) is 0 Å². The van der Waals surface area contributed by atoms with Crippen molar-refractivity contribution in [3.05, 3.63) is 10.6 Å². The molecule has 1 aromatic heterocycles. The minimum atomic E-state index is -0.0994. The van der Waals surface area contributed by atoms with Crippen molar-refractivity contribution in [1.82, 2.24) is 20.2 Å². The first-order valence-electron chi connectivity index (χ1n) is 7.11. The minimum absolute atomic E-state index is 0.0994. The molecular formula is C13H22N4O2S. The highest BCUT2D eigenvalue weighted by Gasteiger charge is 2.18. The van der Waals surface area contributed by atoms with Gasteiger partial charge in [-0.25, -0.2) is 0 Å². The zero-order chi connectivity index (χ0) is 14.4. The van der Waals surface area contributed by atoms with Crippen LogP contribution in [0.4, 0.5) is 0 Å². The molecule has 20 heavy (non-hydrogen) atoms. The second kappa shape index (κ2) is 7.66. The van der Waals surface area contributed by atoms with Crippen molar-refractivity contribution in [2.75, 3.05) is 26.2 Å². The summed E-state index contributed by atoms with van der Waals surface area (Å²) in [5, 5.41) is 10.2. The lowest BCUT2D eigenvalue weighted by molar-refractivity contribution is 0.0343. The summed E-state index contributed by atoms with van der Waals surface area (Å²) in [7, 11) is 0. The smallest absolute Gasteiger partial charge is 0.265 e. The molecule has 0 unspecified atom stereocenters. The maximum atomic E-state index is 12.0. The first-order chi connectivity index (χ1) is 9.68. The molecule has 1 fully saturated rings. The van der Waals surface area contributed by atoms with E-state index >= 15 is 0 Å². The van der Waals surface area contributed by atoms with E-state index in [-0.39, 0.29) is 11.8 Å². The molecule has 2 heterocycles. The number of rotatable bonds is 6. The maximum Gasteiger partial charge on any atom is 0.265 e. The lowest BCUT2D eigenvalue weighted by Gasteiger charge is -2.22. The quantitative estimate of drug-likeness (QED) is 0.771. The number of hydrogen-bond donors (Lipinski definition) is 2. The van der Waals surface area contributed by atoms with Crippen LogP contribution < -0.4 is 10.6 Å². The predicted molar refractivity (Wildman–Crippen MR) is 78.2 cm³/mol. The van der Waals surface area contributed by atoms with Crippen LogP contribution in [0, 0.1) is 0 Å². The number of carbonyl (C=O) groups is 1. The second-order valence-corrected chi connectivity index (χ2v) is 5.97. The summed E-state index contributed by atoms with van der Waals surface area (Å²) in [6.45, 7) is 7.13. The summed E-state index contributed by atoms with van der Waals surface area (Å²) >= 11 is 1.15. The van der Waals surface area contributed by atoms with E-state index in [0.717, 1.165) is 43.2 Å². The van der Waals surface area contributed by atoms with Crippen molar-refractivity contribution in [3.63, 3.8) is 0 Å². The molecule has 0 radical (unpaired) electrons. The molecule has 0 atom stereocenters. The van der Waals surface area contributed by atoms with Crippen LogP contribution >= 0.6 is 11.5 Å². The summed E-state index contributed by atoms with van der Waals surface area (Å²) in [6.07, 6.45) is 2.42. The molecule has 1 aliphatic rings. The van der Waals surface area contributed by atoms with Crippen molar-refractivity contribution in [2.24, 2.45) is 0 Å². The molecule has 7 heteroatoms. The Morgan fingerprint density at radius 1 is 1.50 bits per heavy atom. The molecule has 0 aliphatic carbocycles. The lowest BCUT2D eigenvalue weighted by Crippen LogP contribution is -2.34. The third kappa shape index (κ3) is 4.22. The standard InChI is InChI=1S/C13H22N4O2S/c1-9(2)11-12(20-17-16-11)13(18)15-7-8-19-10-3-5-14-6-4-10/h9-10,14H,3-8H2,1-2H3,(H,15,18). The van der Waals surface area contributed by atoms with Crippen LogP contribution in [-0.4, -0.2) is 47.8 Å². The summed E-state index contributed by atoms with van der Waals surface area (Å²) in [6, 6.07) is 0. The Morgan fingerprint density at radius 2 is 2.25 bits per heavy atom. The number of nitrogens with one attached hydrogen (secondary N) is 2. The molecule has 1 amide bonds. The zero-order valence-electron chi connectivity index (χ0n) is 12.0. The first-order valence-corrected chi connectivity index (χ1v) is 7.88. The number of amides is 1. The monoisotopic (exact) mass is 298 g/mol. The fourth-order valence-electron chi connectivity index (χ4n) is 2.17. The third-order valence-corrected chi connectivity index (χ3v) is 4.03. The zero-order valence-corrected chi connectivity index (χ0v) is 12.8. The van der Waals surface area contributed by atoms with Gasteiger partial charge in [0.1, 0.15) is 4.88 Å². The molecule has 0 bridgehead atoms. The van der Waals surface area contributed by atoms with Gasteiger partial charge in [0.05, 0.1) is 18.4 Å². The molecule has 6 nitrogen and oxygen atoms in total. The maximum absolute atomic E-state index is 12.0. The number of aromatic nitrogens is 2. The second-order valence-electron chi connectivity index (χ2n) is 5.22. The van der Waals surface area contributed by atoms with Gasteiger partial charge in [0, 0.05) is 6.54 Å². The summed E-state index contributed by atoms with van der Waals surface area (Å²) in [5.74, 6) is 0.109. The van der Waals surface area contributed by atoms with Crippen LogP contribution in [0.15, 0.2) is 0 Å². The molecule has 1 aliphatic heterocycles. The Morgan fingerprint density at radius 3 is 2.95 bits per heavy atom. The van der Waals surface area contributed by atoms with Gasteiger partial charge in [-0.3, -0.25) is 4.79 Å². The van der Waals surface area contributed by atoms with Gasteiger partial charge in [-0.1, -0.05) is 18.3 Å². The van der Waals surface area contributed by atoms with Crippen molar-refractivity contribution in [2.45, 2.75) is 38.7 Å². The highest BCUT2D eigenvalue weighted by molar-refractivity contribution is 7.08. The van der Waals surface area contributed by atoms with Crippen molar-refractivity contribution in [3.8, 4) is 0 Å². The summed E-state index contributed by atoms with van der Waals surface area (Å²) in [4.78, 5) is 12.6. The van der Waals surface area contributed by atoms with Crippen molar-refractivity contribution in [1.29, 1.82) is 0 Å². The van der Waals surface area contributed by atoms with Gasteiger partial charge in [-0.2, -0.15) is 0 Å². The highest BCUT2D eigenvalue weighted by Crippen LogP contribution is 2.19. The normalized spacial score (nSPS) is 16.6. The average Bonchev–Trinajstić information content (AvgIpc) is 2.94. The Bertz CT molecular complexity index is 430. The van der Waals surface area contributed by atoms with Crippen molar-refractivity contribution < 1.29 is 9.53 Å². The van der Waals surface area contributed by atoms with Gasteiger partial charge in [-0.15, -0.1) is 5.10 Å². The Hall–Kier alpha value is -1.05. The van der Waals surface area contributed by atoms with E-state index in [1.54, 1.807) is 0 Å². The first kappa shape index (κ1) is 15.3. The number of ether oxygens (including phenoxy) is 1. The Labute approximate surface area is 123 Å². The summed E-state index contributed by atoms with van der Waals surface area (Å²) in [5.41, 5.74) is 0.770. The lowest BCUT2D eigenvalue weighted by atomic mass is 10.1. The Balaban J connectivity index is 1.70. The number of hydrogen-bond acceptors (Lipinski definition) is 6. The van der Waals surface area contributed by atoms with E-state index in [2.05, 4.69) is 20.2 Å². The predicted octanol–water partition coefficient (Wildman–Crippen LogP) is 1.16. The van der Waals surface area contributed by atoms with E-state index in [1.807, 2.05) is 13.8 Å². The summed E-state index contributed by atoms with van der Waals surface area (Å²) < 4.78 is 9.60. The Kier molecular flexibility index (Phi) is 5.87. The van der Waals surface area contributed by atoms with E-state index in [9.17, 15) is 4.79 Å². The van der Waals surface area contributed by atoms with Crippen LogP contribution in [0.25, 0.3) is 0 Å². The van der Waals surface area contributed by atoms with E-state index in [0.29, 0.717) is 24.1 Å². The number of piperidine rings is 1. The van der Waals surface area contributed by atoms with Crippen molar-refractivity contribution >= 4 is 17.4 Å². The highest BCUT2D eigenvalue weighted by atomic mass is 32.1. The van der Waals surface area contributed by atoms with Gasteiger partial charge in [0.2, 0.25) is 0 Å². The van der Waals surface area contributed by atoms with Crippen LogP contribution in [0.1, 0.15) is 48.0 Å². The molecule has 2 N–H and O–H groups in total. The molecule has 2 rings (SSSR count). The molecule has 0 spiro atoms. The molecular weight excluding hydrogens is 276 g/mol. The van der Waals surface area contributed by atoms with Gasteiger partial charge in [0.25, 0.3) is 5.91 Å². The number of carbonyl (C=O) groups excluding carboxylic acids is 1. The van der Waals surface area contributed by atoms with Gasteiger partial charge >= 0.3 is 0 Å². The molecule has 112 valence electrons. The SMILES string of the molecule is CC(C)c1nnsc1C(=O)NCCOC1CCNCC1. The van der Waals surface area contributed by atoms with Gasteiger partial charge in [0.15, 0.2) is 0 Å². The van der Waals surface area contributed by atoms with Gasteiger partial charge < -0.3 is 15.4 Å². The van der Waals surface area contributed by atoms with Crippen LogP contribution in [-0.2, 0) is 4.74 Å². The largest absolute Gasteiger partial charge is 0.376 e. The average molecular weight is 298 g/mol. The third-order valence-electron chi connectivity index (χ3n) is 3.29. The molecule has 0 saturated carbocycles. The minimum Gasteiger partial charge on any atom is -0.376 e. The van der Waals surface area contributed by atoms with E-state index in [4.69, 9.17) is 4.74 Å². The number of nitrogens with zero attached hydrogens (tertiary/aromatic N) is 2.